The van der Waals surface area contributed by atoms with Crippen LogP contribution in [0.1, 0.15) is 0 Å². The lowest BCUT2D eigenvalue weighted by Crippen LogP contribution is -1.94. The van der Waals surface area contributed by atoms with Gasteiger partial charge in [-0.25, -0.2) is 0 Å². The summed E-state index contributed by atoms with van der Waals surface area (Å²) in [5, 5.41) is 7.71. The largest absolute Gasteiger partial charge is 0.309 e. The van der Waals surface area contributed by atoms with Crippen molar-refractivity contribution in [3.8, 4) is 44.8 Å². The summed E-state index contributed by atoms with van der Waals surface area (Å²) < 4.78 is 7.50. The van der Waals surface area contributed by atoms with Gasteiger partial charge in [-0.3, -0.25) is 0 Å². The normalized spacial score (nSPS) is 11.9. The van der Waals surface area contributed by atoms with Gasteiger partial charge in [0.2, 0.25) is 0 Å². The van der Waals surface area contributed by atoms with Crippen LogP contribution in [-0.4, -0.2) is 9.13 Å². The second-order valence-corrected chi connectivity index (χ2v) is 16.0. The van der Waals surface area contributed by atoms with Gasteiger partial charge in [-0.1, -0.05) is 140 Å². The summed E-state index contributed by atoms with van der Waals surface area (Å²) in [6, 6.07) is 75.6. The van der Waals surface area contributed by atoms with Gasteiger partial charge in [0.15, 0.2) is 0 Å². The topological polar surface area (TPSA) is 9.86 Å². The number of rotatable bonds is 5. The lowest BCUT2D eigenvalue weighted by molar-refractivity contribution is 1.18. The lowest BCUT2D eigenvalue weighted by Gasteiger charge is -2.11. The van der Waals surface area contributed by atoms with Crippen LogP contribution in [0, 0.1) is 0 Å². The maximum Gasteiger partial charge on any atom is 0.0547 e. The molecule has 0 unspecified atom stereocenters. The van der Waals surface area contributed by atoms with Crippen molar-refractivity contribution in [2.75, 3.05) is 0 Å². The average Bonchev–Trinajstić information content (AvgIpc) is 3.94. The summed E-state index contributed by atoms with van der Waals surface area (Å²) in [6.07, 6.45) is 0. The van der Waals surface area contributed by atoms with Crippen molar-refractivity contribution in [2.24, 2.45) is 0 Å². The van der Waals surface area contributed by atoms with Gasteiger partial charge in [-0.15, -0.1) is 11.3 Å². The molecule has 0 aliphatic rings. The molecule has 0 amide bonds. The molecule has 57 heavy (non-hydrogen) atoms. The highest BCUT2D eigenvalue weighted by Crippen LogP contribution is 2.42. The highest BCUT2D eigenvalue weighted by atomic mass is 32.1. The second kappa shape index (κ2) is 12.7. The molecule has 0 aliphatic carbocycles. The molecule has 2 nitrogen and oxygen atoms in total. The van der Waals surface area contributed by atoms with Crippen LogP contribution in [0.4, 0.5) is 0 Å². The first-order chi connectivity index (χ1) is 28.3. The first-order valence-electron chi connectivity index (χ1n) is 19.5. The Morgan fingerprint density at radius 2 is 0.807 bits per heavy atom. The van der Waals surface area contributed by atoms with E-state index in [-0.39, 0.29) is 0 Å². The highest BCUT2D eigenvalue weighted by Gasteiger charge is 2.18. The van der Waals surface area contributed by atoms with E-state index in [9.17, 15) is 0 Å². The number of hydrogen-bond acceptors (Lipinski definition) is 1. The van der Waals surface area contributed by atoms with E-state index >= 15 is 0 Å². The summed E-state index contributed by atoms with van der Waals surface area (Å²) in [5.74, 6) is 0. The Morgan fingerprint density at radius 1 is 0.281 bits per heavy atom. The average molecular weight is 743 g/mol. The first-order valence-corrected chi connectivity index (χ1v) is 20.3. The minimum atomic E-state index is 1.15. The van der Waals surface area contributed by atoms with Crippen molar-refractivity contribution < 1.29 is 0 Å². The monoisotopic (exact) mass is 742 g/mol. The quantitative estimate of drug-likeness (QED) is 0.166. The number of nitrogens with zero attached hydrogens (tertiary/aromatic N) is 2. The van der Waals surface area contributed by atoms with Gasteiger partial charge in [0.1, 0.15) is 0 Å². The molecular formula is C54H34N2S. The Morgan fingerprint density at radius 3 is 1.60 bits per heavy atom. The van der Waals surface area contributed by atoms with Gasteiger partial charge in [0.05, 0.1) is 22.1 Å². The van der Waals surface area contributed by atoms with Crippen LogP contribution < -0.4 is 0 Å². The molecular weight excluding hydrogens is 709 g/mol. The van der Waals surface area contributed by atoms with E-state index in [1.807, 2.05) is 11.3 Å². The van der Waals surface area contributed by atoms with Crippen LogP contribution in [0.25, 0.3) is 109 Å². The number of aromatic nitrogens is 2. The Hall–Kier alpha value is -7.20. The third-order valence-electron chi connectivity index (χ3n) is 11.8. The summed E-state index contributed by atoms with van der Waals surface area (Å²) in [7, 11) is 0. The summed E-state index contributed by atoms with van der Waals surface area (Å²) >= 11 is 1.86. The van der Waals surface area contributed by atoms with Crippen LogP contribution in [0.5, 0.6) is 0 Å². The number of fused-ring (bicyclic) bond motifs is 9. The van der Waals surface area contributed by atoms with Crippen molar-refractivity contribution in [3.05, 3.63) is 206 Å². The standard InChI is InChI=1S/C54H34N2S/c1-2-11-40(12-3-1)56-48-17-7-4-13-43(48)44-31-27-39(34-51(44)56)42-16-10-19-50-54(42)46-15-5-8-18-49(46)55(50)41-29-25-36(26-30-41)35-21-23-37(24-22-35)38-28-32-53-47(33-38)45-14-6-9-20-52(45)57-53/h1-34H. The van der Waals surface area contributed by atoms with E-state index in [0.29, 0.717) is 0 Å². The van der Waals surface area contributed by atoms with Gasteiger partial charge in [-0.2, -0.15) is 0 Å². The zero-order valence-corrected chi connectivity index (χ0v) is 31.7. The molecule has 3 heteroatoms. The van der Waals surface area contributed by atoms with E-state index in [2.05, 4.69) is 215 Å². The van der Waals surface area contributed by atoms with Crippen molar-refractivity contribution in [3.63, 3.8) is 0 Å². The van der Waals surface area contributed by atoms with E-state index < -0.39 is 0 Å². The van der Waals surface area contributed by atoms with Gasteiger partial charge < -0.3 is 9.13 Å². The lowest BCUT2D eigenvalue weighted by atomic mass is 9.98. The third kappa shape index (κ3) is 5.03. The molecule has 0 bridgehead atoms. The fourth-order valence-corrected chi connectivity index (χ4v) is 10.2. The van der Waals surface area contributed by atoms with Gasteiger partial charge in [0, 0.05) is 53.1 Å². The smallest absolute Gasteiger partial charge is 0.0547 e. The van der Waals surface area contributed by atoms with Crippen molar-refractivity contribution in [1.82, 2.24) is 9.13 Å². The van der Waals surface area contributed by atoms with Gasteiger partial charge >= 0.3 is 0 Å². The van der Waals surface area contributed by atoms with Crippen LogP contribution >= 0.6 is 11.3 Å². The molecule has 0 atom stereocenters. The molecule has 0 N–H and O–H groups in total. The molecule has 0 spiro atoms. The number of thiophene rings is 1. The summed E-state index contributed by atoms with van der Waals surface area (Å²) in [5.41, 5.74) is 14.5. The van der Waals surface area contributed by atoms with Gasteiger partial charge in [-0.05, 0) is 100 Å². The highest BCUT2D eigenvalue weighted by molar-refractivity contribution is 7.25. The van der Waals surface area contributed by atoms with Crippen LogP contribution in [0.2, 0.25) is 0 Å². The molecule has 3 aromatic heterocycles. The molecule has 0 fully saturated rings. The van der Waals surface area contributed by atoms with E-state index in [1.54, 1.807) is 0 Å². The van der Waals surface area contributed by atoms with E-state index in [4.69, 9.17) is 0 Å². The molecule has 266 valence electrons. The SMILES string of the molecule is c1ccc(-n2c3ccccc3c3ccc(-c4cccc5c4c4ccccc4n5-c4ccc(-c5ccc(-c6ccc7sc8ccccc8c7c6)cc5)cc4)cc32)cc1. The number of benzene rings is 9. The van der Waals surface area contributed by atoms with Crippen LogP contribution in [0.15, 0.2) is 206 Å². The van der Waals surface area contributed by atoms with Crippen molar-refractivity contribution in [1.29, 1.82) is 0 Å². The van der Waals surface area contributed by atoms with Crippen LogP contribution in [-0.2, 0) is 0 Å². The zero-order valence-electron chi connectivity index (χ0n) is 30.9. The molecule has 12 aromatic rings. The predicted molar refractivity (Wildman–Crippen MR) is 244 cm³/mol. The third-order valence-corrected chi connectivity index (χ3v) is 12.9. The Balaban J connectivity index is 0.935. The molecule has 12 rings (SSSR count). The first kappa shape index (κ1) is 32.1. The fourth-order valence-electron chi connectivity index (χ4n) is 9.10. The molecule has 0 saturated heterocycles. The van der Waals surface area contributed by atoms with Crippen molar-refractivity contribution >= 4 is 75.1 Å². The Labute approximate surface area is 333 Å². The maximum atomic E-state index is 2.42. The van der Waals surface area contributed by atoms with E-state index in [0.717, 1.165) is 5.69 Å². The molecule has 0 radical (unpaired) electrons. The Kier molecular flexibility index (Phi) is 7.13. The fraction of sp³-hybridized carbons (Fsp3) is 0. The minimum absolute atomic E-state index is 1.15. The maximum absolute atomic E-state index is 2.42. The Bertz CT molecular complexity index is 3490. The van der Waals surface area contributed by atoms with E-state index in [1.165, 1.54) is 103 Å². The summed E-state index contributed by atoms with van der Waals surface area (Å²) in [4.78, 5) is 0. The predicted octanol–water partition coefficient (Wildman–Crippen LogP) is 15.2. The zero-order chi connectivity index (χ0) is 37.5. The second-order valence-electron chi connectivity index (χ2n) is 14.9. The van der Waals surface area contributed by atoms with Crippen LogP contribution in [0.3, 0.4) is 0 Å². The van der Waals surface area contributed by atoms with Gasteiger partial charge in [0.25, 0.3) is 0 Å². The molecule has 0 saturated carbocycles. The molecule has 0 aliphatic heterocycles. The summed E-state index contributed by atoms with van der Waals surface area (Å²) in [6.45, 7) is 0. The molecule has 3 heterocycles. The number of para-hydroxylation sites is 3. The minimum Gasteiger partial charge on any atom is -0.309 e. The number of hydrogen-bond donors (Lipinski definition) is 0. The van der Waals surface area contributed by atoms with Crippen molar-refractivity contribution in [2.45, 2.75) is 0 Å². The molecule has 9 aromatic carbocycles.